The van der Waals surface area contributed by atoms with Crippen LogP contribution in [0.5, 0.6) is 28.7 Å². The van der Waals surface area contributed by atoms with E-state index in [9.17, 15) is 24.6 Å². The van der Waals surface area contributed by atoms with Gasteiger partial charge in [-0.25, -0.2) is 9.59 Å². The maximum atomic E-state index is 12.0. The zero-order valence-corrected chi connectivity index (χ0v) is 24.0. The summed E-state index contributed by atoms with van der Waals surface area (Å²) in [6, 6.07) is 22.9. The van der Waals surface area contributed by atoms with Gasteiger partial charge in [0.15, 0.2) is 17.2 Å². The van der Waals surface area contributed by atoms with E-state index in [2.05, 4.69) is 4.98 Å². The Morgan fingerprint density at radius 2 is 1.27 bits per heavy atom. The van der Waals surface area contributed by atoms with Crippen LogP contribution in [0.25, 0.3) is 32.4 Å². The second-order valence-electron chi connectivity index (χ2n) is 9.70. The number of aromatic nitrogens is 1. The van der Waals surface area contributed by atoms with Crippen molar-refractivity contribution in [1.29, 1.82) is 0 Å². The molecule has 0 unspecified atom stereocenters. The summed E-state index contributed by atoms with van der Waals surface area (Å²) in [6.07, 6.45) is 1.34. The Balaban J connectivity index is 0.000000238. The van der Waals surface area contributed by atoms with Crippen molar-refractivity contribution in [1.82, 2.24) is 4.98 Å². The Hall–Kier alpha value is -6.36. The highest BCUT2D eigenvalue weighted by atomic mass is 16.5. The predicted molar refractivity (Wildman–Crippen MR) is 167 cm³/mol. The molecule has 1 heterocycles. The molecule has 0 saturated heterocycles. The number of nitrogens with zero attached hydrogens (tertiary/aromatic N) is 1. The van der Waals surface area contributed by atoms with E-state index in [1.165, 1.54) is 32.5 Å². The molecule has 0 aliphatic heterocycles. The Bertz CT molecular complexity index is 2130. The van der Waals surface area contributed by atoms with Crippen LogP contribution in [-0.4, -0.2) is 52.4 Å². The molecule has 5 aromatic carbocycles. The normalized spacial score (nSPS) is 10.6. The summed E-state index contributed by atoms with van der Waals surface area (Å²) in [6.45, 7) is 0. The summed E-state index contributed by atoms with van der Waals surface area (Å²) in [7, 11) is 3.01. The minimum Gasteiger partial charge on any atom is -0.508 e. The molecule has 6 rings (SSSR count). The summed E-state index contributed by atoms with van der Waals surface area (Å²) in [5.74, 6) is -1.00. The van der Waals surface area contributed by atoms with Gasteiger partial charge in [-0.2, -0.15) is 0 Å². The number of benzene rings is 5. The standard InChI is InChI=1S/C23H18N2O6.C11H8O3/c1-29-19-9-16-18(10-20(19)30-2)25-11-17(22(24)26)21(16)31-13-6-7-14-12(8-13)4-3-5-15(14)23(27)28;12-8-4-5-9-7(6-8)2-1-3-10(9)11(13)14/h3-11H,1-2H3,(H2,24,26)(H,27,28);1-6,12H,(H,13,14). The van der Waals surface area contributed by atoms with Crippen LogP contribution < -0.4 is 19.9 Å². The number of amides is 1. The number of carboxylic acids is 2. The molecule has 0 spiro atoms. The fraction of sp³-hybridized carbons (Fsp3) is 0.0588. The van der Waals surface area contributed by atoms with Gasteiger partial charge in [0, 0.05) is 17.6 Å². The Morgan fingerprint density at radius 3 is 1.84 bits per heavy atom. The number of hydrogen-bond donors (Lipinski definition) is 4. The minimum atomic E-state index is -1.02. The van der Waals surface area contributed by atoms with Crippen LogP contribution in [0.4, 0.5) is 0 Å². The molecular weight excluding hydrogens is 580 g/mol. The van der Waals surface area contributed by atoms with E-state index in [1.807, 2.05) is 0 Å². The number of aromatic hydroxyl groups is 1. The van der Waals surface area contributed by atoms with Gasteiger partial charge in [0.05, 0.1) is 30.9 Å². The summed E-state index contributed by atoms with van der Waals surface area (Å²) >= 11 is 0. The lowest BCUT2D eigenvalue weighted by Gasteiger charge is -2.15. The van der Waals surface area contributed by atoms with E-state index in [4.69, 9.17) is 25.1 Å². The zero-order chi connectivity index (χ0) is 32.2. The summed E-state index contributed by atoms with van der Waals surface area (Å²) in [4.78, 5) is 38.6. The predicted octanol–water partition coefficient (Wildman–Crippen LogP) is 6.24. The number of aromatic carboxylic acids is 2. The number of phenols is 1. The molecule has 11 nitrogen and oxygen atoms in total. The van der Waals surface area contributed by atoms with Crippen molar-refractivity contribution in [3.8, 4) is 28.7 Å². The molecule has 0 radical (unpaired) electrons. The number of pyridine rings is 1. The fourth-order valence-electron chi connectivity index (χ4n) is 4.87. The molecule has 6 aromatic rings. The summed E-state index contributed by atoms with van der Waals surface area (Å²) in [5, 5.41) is 30.6. The number of carbonyl (C=O) groups excluding carboxylic acids is 1. The molecule has 0 aliphatic carbocycles. The molecule has 1 amide bonds. The molecule has 0 aliphatic rings. The summed E-state index contributed by atoms with van der Waals surface area (Å²) < 4.78 is 16.8. The van der Waals surface area contributed by atoms with E-state index in [0.29, 0.717) is 44.3 Å². The van der Waals surface area contributed by atoms with Crippen molar-refractivity contribution in [3.63, 3.8) is 0 Å². The average molecular weight is 607 g/mol. The maximum Gasteiger partial charge on any atom is 0.336 e. The number of fused-ring (bicyclic) bond motifs is 3. The van der Waals surface area contributed by atoms with Gasteiger partial charge >= 0.3 is 11.9 Å². The monoisotopic (exact) mass is 606 g/mol. The van der Waals surface area contributed by atoms with Gasteiger partial charge in [0.25, 0.3) is 5.91 Å². The number of carbonyl (C=O) groups is 3. The van der Waals surface area contributed by atoms with Crippen LogP contribution in [0.15, 0.2) is 91.1 Å². The molecule has 1 aromatic heterocycles. The van der Waals surface area contributed by atoms with Crippen LogP contribution in [0, 0.1) is 0 Å². The lowest BCUT2D eigenvalue weighted by atomic mass is 10.0. The van der Waals surface area contributed by atoms with Gasteiger partial charge < -0.3 is 35.3 Å². The molecule has 0 atom stereocenters. The molecule has 45 heavy (non-hydrogen) atoms. The number of primary amides is 1. The first-order chi connectivity index (χ1) is 21.6. The van der Waals surface area contributed by atoms with Crippen LogP contribution >= 0.6 is 0 Å². The third-order valence-corrected chi connectivity index (χ3v) is 6.99. The van der Waals surface area contributed by atoms with Crippen molar-refractivity contribution in [2.75, 3.05) is 14.2 Å². The first-order valence-corrected chi connectivity index (χ1v) is 13.3. The Morgan fingerprint density at radius 1 is 0.689 bits per heavy atom. The lowest BCUT2D eigenvalue weighted by molar-refractivity contribution is 0.0688. The number of hydrogen-bond acceptors (Lipinski definition) is 8. The topological polar surface area (TPSA) is 178 Å². The Kier molecular flexibility index (Phi) is 8.35. The quantitative estimate of drug-likeness (QED) is 0.163. The van der Waals surface area contributed by atoms with Crippen LogP contribution in [-0.2, 0) is 0 Å². The second-order valence-corrected chi connectivity index (χ2v) is 9.70. The SMILES string of the molecule is COc1cc2ncc(C(N)=O)c(Oc3ccc4c(C(=O)O)cccc4c3)c2cc1OC.O=C(O)c1cccc2cc(O)ccc12. The smallest absolute Gasteiger partial charge is 0.336 e. The van der Waals surface area contributed by atoms with E-state index in [1.54, 1.807) is 72.8 Å². The van der Waals surface area contributed by atoms with Crippen molar-refractivity contribution in [2.24, 2.45) is 5.73 Å². The highest BCUT2D eigenvalue weighted by Gasteiger charge is 2.19. The number of nitrogens with two attached hydrogens (primary N) is 1. The van der Waals surface area contributed by atoms with Crippen molar-refractivity contribution in [3.05, 3.63) is 108 Å². The first kappa shape index (κ1) is 30.1. The number of carboxylic acid groups (broad SMARTS) is 2. The van der Waals surface area contributed by atoms with Gasteiger partial charge in [-0.05, 0) is 76.1 Å². The number of phenolic OH excluding ortho intramolecular Hbond substituents is 1. The molecular formula is C34H26N2O9. The molecule has 0 bridgehead atoms. The number of rotatable bonds is 7. The van der Waals surface area contributed by atoms with E-state index in [-0.39, 0.29) is 28.2 Å². The van der Waals surface area contributed by atoms with Crippen LogP contribution in [0.1, 0.15) is 31.1 Å². The van der Waals surface area contributed by atoms with E-state index >= 15 is 0 Å². The van der Waals surface area contributed by atoms with Crippen molar-refractivity contribution in [2.45, 2.75) is 0 Å². The largest absolute Gasteiger partial charge is 0.508 e. The van der Waals surface area contributed by atoms with Crippen LogP contribution in [0.3, 0.4) is 0 Å². The van der Waals surface area contributed by atoms with Gasteiger partial charge in [-0.3, -0.25) is 9.78 Å². The molecule has 5 N–H and O–H groups in total. The minimum absolute atomic E-state index is 0.0964. The second kappa shape index (κ2) is 12.5. The fourth-order valence-corrected chi connectivity index (χ4v) is 4.87. The van der Waals surface area contributed by atoms with Gasteiger partial charge in [-0.1, -0.05) is 24.3 Å². The molecule has 0 saturated carbocycles. The molecule has 11 heteroatoms. The molecule has 0 fully saturated rings. The third-order valence-electron chi connectivity index (χ3n) is 6.99. The average Bonchev–Trinajstić information content (AvgIpc) is 3.03. The van der Waals surface area contributed by atoms with Crippen molar-refractivity contribution < 1.29 is 43.9 Å². The van der Waals surface area contributed by atoms with Gasteiger partial charge in [0.2, 0.25) is 0 Å². The molecule has 226 valence electrons. The third kappa shape index (κ3) is 6.09. The maximum absolute atomic E-state index is 12.0. The highest BCUT2D eigenvalue weighted by Crippen LogP contribution is 2.39. The van der Waals surface area contributed by atoms with Gasteiger partial charge in [-0.15, -0.1) is 0 Å². The first-order valence-electron chi connectivity index (χ1n) is 13.3. The van der Waals surface area contributed by atoms with E-state index in [0.717, 1.165) is 5.39 Å². The lowest BCUT2D eigenvalue weighted by Crippen LogP contribution is -2.13. The highest BCUT2D eigenvalue weighted by molar-refractivity contribution is 6.05. The number of ether oxygens (including phenoxy) is 3. The van der Waals surface area contributed by atoms with Crippen LogP contribution in [0.2, 0.25) is 0 Å². The summed E-state index contributed by atoms with van der Waals surface area (Å²) in [5.41, 5.74) is 6.61. The van der Waals surface area contributed by atoms with Gasteiger partial charge in [0.1, 0.15) is 17.1 Å². The van der Waals surface area contributed by atoms with Crippen molar-refractivity contribution >= 4 is 50.3 Å². The zero-order valence-electron chi connectivity index (χ0n) is 24.0. The number of methoxy groups -OCH3 is 2. The Labute approximate surface area is 255 Å². The van der Waals surface area contributed by atoms with E-state index < -0.39 is 17.8 Å².